The molecular formula is C24H17F7N2O2. The predicted molar refractivity (Wildman–Crippen MR) is 111 cm³/mol. The van der Waals surface area contributed by atoms with Crippen molar-refractivity contribution >= 4 is 5.91 Å². The Bertz CT molecular complexity index is 1220. The minimum absolute atomic E-state index is 0.000231. The van der Waals surface area contributed by atoms with Crippen LogP contribution in [0.15, 0.2) is 54.7 Å². The van der Waals surface area contributed by atoms with Crippen LogP contribution in [-0.2, 0) is 18.9 Å². The van der Waals surface area contributed by atoms with Gasteiger partial charge in [0, 0.05) is 24.8 Å². The van der Waals surface area contributed by atoms with Crippen molar-refractivity contribution in [1.29, 1.82) is 0 Å². The zero-order chi connectivity index (χ0) is 25.4. The molecule has 35 heavy (non-hydrogen) atoms. The van der Waals surface area contributed by atoms with Gasteiger partial charge in [0.2, 0.25) is 0 Å². The molecule has 2 heterocycles. The third-order valence-electron chi connectivity index (χ3n) is 5.39. The van der Waals surface area contributed by atoms with Gasteiger partial charge in [-0.2, -0.15) is 26.3 Å². The maximum atomic E-state index is 14.5. The molecule has 1 aromatic heterocycles. The summed E-state index contributed by atoms with van der Waals surface area (Å²) in [6, 6.07) is 8.14. The third-order valence-corrected chi connectivity index (χ3v) is 5.39. The van der Waals surface area contributed by atoms with Gasteiger partial charge in [0.05, 0.1) is 23.4 Å². The standard InChI is InChI=1S/C24H17F7N2O2/c25-18-5-2-1-4-17(18)21-20-19(6-7-32-21)35-9-3-8-33(22(20)34)13-14-10-15(23(26,27)28)12-16(11-14)24(29,30)31/h1-2,4-7,10-12H,3,8-9,13H2. The number of rotatable bonds is 3. The van der Waals surface area contributed by atoms with E-state index in [-0.39, 0.29) is 53.8 Å². The summed E-state index contributed by atoms with van der Waals surface area (Å²) in [5.74, 6) is -1.33. The fraction of sp³-hybridized carbons (Fsp3) is 0.250. The SMILES string of the molecule is O=C1c2c(ccnc2-c2ccccc2F)OCCCN1Cc1cc(C(F)(F)F)cc(C(F)(F)F)c1. The van der Waals surface area contributed by atoms with Gasteiger partial charge in [-0.1, -0.05) is 12.1 Å². The average Bonchev–Trinajstić information content (AvgIpc) is 2.78. The highest BCUT2D eigenvalue weighted by Gasteiger charge is 2.37. The van der Waals surface area contributed by atoms with E-state index in [4.69, 9.17) is 4.74 Å². The van der Waals surface area contributed by atoms with Crippen molar-refractivity contribution in [2.24, 2.45) is 0 Å². The van der Waals surface area contributed by atoms with Crippen LogP contribution in [0.5, 0.6) is 5.75 Å². The molecule has 11 heteroatoms. The Hall–Kier alpha value is -3.63. The van der Waals surface area contributed by atoms with Gasteiger partial charge in [0.1, 0.15) is 17.1 Å². The number of pyridine rings is 1. The molecule has 0 spiro atoms. The molecule has 4 rings (SSSR count). The van der Waals surface area contributed by atoms with Gasteiger partial charge in [-0.3, -0.25) is 9.78 Å². The Morgan fingerprint density at radius 1 is 0.943 bits per heavy atom. The van der Waals surface area contributed by atoms with Gasteiger partial charge in [-0.05, 0) is 48.4 Å². The van der Waals surface area contributed by atoms with Crippen LogP contribution >= 0.6 is 0 Å². The number of nitrogens with zero attached hydrogens (tertiary/aromatic N) is 2. The van der Waals surface area contributed by atoms with Crippen LogP contribution in [-0.4, -0.2) is 28.9 Å². The summed E-state index contributed by atoms with van der Waals surface area (Å²) in [6.45, 7) is -0.424. The van der Waals surface area contributed by atoms with Gasteiger partial charge < -0.3 is 9.64 Å². The number of amides is 1. The quantitative estimate of drug-likeness (QED) is 0.396. The second-order valence-electron chi connectivity index (χ2n) is 7.86. The minimum Gasteiger partial charge on any atom is -0.493 e. The van der Waals surface area contributed by atoms with Crippen molar-refractivity contribution in [2.45, 2.75) is 25.3 Å². The Labute approximate surface area is 195 Å². The van der Waals surface area contributed by atoms with Gasteiger partial charge in [0.15, 0.2) is 0 Å². The Morgan fingerprint density at radius 3 is 2.23 bits per heavy atom. The fourth-order valence-electron chi connectivity index (χ4n) is 3.81. The van der Waals surface area contributed by atoms with Crippen LogP contribution in [0.3, 0.4) is 0 Å². The lowest BCUT2D eigenvalue weighted by Gasteiger charge is -2.28. The molecule has 1 aliphatic heterocycles. The summed E-state index contributed by atoms with van der Waals surface area (Å²) in [4.78, 5) is 18.7. The third kappa shape index (κ3) is 5.23. The monoisotopic (exact) mass is 498 g/mol. The molecule has 184 valence electrons. The number of aromatic nitrogens is 1. The van der Waals surface area contributed by atoms with Crippen molar-refractivity contribution in [3.8, 4) is 17.0 Å². The molecule has 0 fully saturated rings. The van der Waals surface area contributed by atoms with E-state index in [2.05, 4.69) is 4.98 Å². The molecule has 4 nitrogen and oxygen atoms in total. The van der Waals surface area contributed by atoms with E-state index in [1.54, 1.807) is 0 Å². The molecule has 1 amide bonds. The van der Waals surface area contributed by atoms with E-state index in [1.807, 2.05) is 0 Å². The van der Waals surface area contributed by atoms with Crippen LogP contribution in [0, 0.1) is 5.82 Å². The number of carbonyl (C=O) groups is 1. The van der Waals surface area contributed by atoms with E-state index in [0.29, 0.717) is 12.1 Å². The van der Waals surface area contributed by atoms with Crippen LogP contribution in [0.4, 0.5) is 30.7 Å². The van der Waals surface area contributed by atoms with E-state index >= 15 is 0 Å². The molecule has 0 atom stereocenters. The van der Waals surface area contributed by atoms with E-state index in [9.17, 15) is 35.5 Å². The van der Waals surface area contributed by atoms with E-state index in [1.165, 1.54) is 36.5 Å². The number of benzene rings is 2. The van der Waals surface area contributed by atoms with Crippen molar-refractivity contribution in [3.05, 3.63) is 82.8 Å². The molecule has 0 bridgehead atoms. The molecule has 0 saturated heterocycles. The van der Waals surface area contributed by atoms with Crippen LogP contribution in [0.25, 0.3) is 11.3 Å². The Balaban J connectivity index is 1.78. The molecule has 1 aliphatic rings. The van der Waals surface area contributed by atoms with Gasteiger partial charge in [0.25, 0.3) is 5.91 Å². The molecule has 0 aliphatic carbocycles. The number of hydrogen-bond donors (Lipinski definition) is 0. The minimum atomic E-state index is -5.02. The Kier molecular flexibility index (Phi) is 6.44. The molecule has 0 N–H and O–H groups in total. The first-order valence-corrected chi connectivity index (χ1v) is 10.4. The smallest absolute Gasteiger partial charge is 0.416 e. The number of halogens is 7. The first-order chi connectivity index (χ1) is 16.4. The number of alkyl halides is 6. The first-order valence-electron chi connectivity index (χ1n) is 10.4. The van der Waals surface area contributed by atoms with Crippen LogP contribution in [0.2, 0.25) is 0 Å². The summed E-state index contributed by atoms with van der Waals surface area (Å²) < 4.78 is 99.8. The Morgan fingerprint density at radius 2 is 1.60 bits per heavy atom. The molecule has 2 aromatic carbocycles. The molecule has 0 unspecified atom stereocenters. The lowest BCUT2D eigenvalue weighted by atomic mass is 10.0. The second-order valence-corrected chi connectivity index (χ2v) is 7.86. The van der Waals surface area contributed by atoms with Crippen molar-refractivity contribution in [1.82, 2.24) is 9.88 Å². The summed E-state index contributed by atoms with van der Waals surface area (Å²) in [5, 5.41) is 0. The number of hydrogen-bond acceptors (Lipinski definition) is 3. The average molecular weight is 498 g/mol. The summed E-state index contributed by atoms with van der Waals surface area (Å²) in [7, 11) is 0. The maximum absolute atomic E-state index is 14.5. The van der Waals surface area contributed by atoms with Gasteiger partial charge >= 0.3 is 12.4 Å². The van der Waals surface area contributed by atoms with Gasteiger partial charge in [-0.15, -0.1) is 0 Å². The van der Waals surface area contributed by atoms with Crippen molar-refractivity contribution < 1.29 is 40.3 Å². The van der Waals surface area contributed by atoms with Gasteiger partial charge in [-0.25, -0.2) is 4.39 Å². The molecular weight excluding hydrogens is 481 g/mol. The summed E-state index contributed by atoms with van der Waals surface area (Å²) in [6.07, 6.45) is -8.44. The van der Waals surface area contributed by atoms with E-state index in [0.717, 1.165) is 4.90 Å². The predicted octanol–water partition coefficient (Wildman–Crippen LogP) is 6.35. The number of fused-ring (bicyclic) bond motifs is 1. The first kappa shape index (κ1) is 24.5. The van der Waals surface area contributed by atoms with Crippen LogP contribution in [0.1, 0.15) is 33.5 Å². The number of ether oxygens (including phenoxy) is 1. The molecule has 0 saturated carbocycles. The largest absolute Gasteiger partial charge is 0.493 e. The number of carbonyl (C=O) groups excluding carboxylic acids is 1. The highest BCUT2D eigenvalue weighted by Crippen LogP contribution is 2.37. The topological polar surface area (TPSA) is 42.4 Å². The summed E-state index contributed by atoms with van der Waals surface area (Å²) in [5.41, 5.74) is -3.46. The second kappa shape index (κ2) is 9.20. The highest BCUT2D eigenvalue weighted by molar-refractivity contribution is 6.02. The van der Waals surface area contributed by atoms with E-state index < -0.39 is 41.7 Å². The lowest BCUT2D eigenvalue weighted by Crippen LogP contribution is -2.35. The molecule has 3 aromatic rings. The fourth-order valence-corrected chi connectivity index (χ4v) is 3.81. The van der Waals surface area contributed by atoms with Crippen molar-refractivity contribution in [2.75, 3.05) is 13.2 Å². The highest BCUT2D eigenvalue weighted by atomic mass is 19.4. The lowest BCUT2D eigenvalue weighted by molar-refractivity contribution is -0.143. The normalized spacial score (nSPS) is 14.7. The zero-order valence-corrected chi connectivity index (χ0v) is 17.9. The van der Waals surface area contributed by atoms with Crippen molar-refractivity contribution in [3.63, 3.8) is 0 Å². The van der Waals surface area contributed by atoms with Crippen LogP contribution < -0.4 is 4.74 Å². The zero-order valence-electron chi connectivity index (χ0n) is 17.9. The summed E-state index contributed by atoms with van der Waals surface area (Å²) >= 11 is 0. The molecule has 0 radical (unpaired) electrons. The maximum Gasteiger partial charge on any atom is 0.416 e.